The summed E-state index contributed by atoms with van der Waals surface area (Å²) in [5.74, 6) is 1.00. The lowest BCUT2D eigenvalue weighted by Gasteiger charge is -2.27. The fourth-order valence-corrected chi connectivity index (χ4v) is 2.55. The van der Waals surface area contributed by atoms with Crippen LogP contribution in [-0.4, -0.2) is 20.7 Å². The molecule has 1 N–H and O–H groups in total. The molecule has 2 aromatic rings. The van der Waals surface area contributed by atoms with Crippen molar-refractivity contribution in [2.45, 2.75) is 12.5 Å². The first kappa shape index (κ1) is 12.9. The molecule has 0 saturated carbocycles. The van der Waals surface area contributed by atoms with E-state index in [9.17, 15) is 0 Å². The van der Waals surface area contributed by atoms with Crippen LogP contribution in [0.1, 0.15) is 18.0 Å². The van der Waals surface area contributed by atoms with E-state index in [0.717, 1.165) is 24.5 Å². The minimum atomic E-state index is 0.324. The number of anilines is 2. The fraction of sp³-hybridized carbons (Fsp3) is 0.294. The van der Waals surface area contributed by atoms with E-state index in [1.807, 2.05) is 12.1 Å². The predicted octanol–water partition coefficient (Wildman–Crippen LogP) is 3.69. The molecule has 1 aliphatic rings. The third-order valence-electron chi connectivity index (χ3n) is 3.68. The van der Waals surface area contributed by atoms with Crippen molar-refractivity contribution in [3.63, 3.8) is 0 Å². The molecule has 20 heavy (non-hydrogen) atoms. The van der Waals surface area contributed by atoms with Crippen LogP contribution in [0.25, 0.3) is 0 Å². The van der Waals surface area contributed by atoms with E-state index >= 15 is 0 Å². The zero-order valence-electron chi connectivity index (χ0n) is 12.0. The predicted molar refractivity (Wildman–Crippen MR) is 83.7 cm³/mol. The number of rotatable bonds is 3. The van der Waals surface area contributed by atoms with E-state index in [0.29, 0.717) is 6.04 Å². The highest BCUT2D eigenvalue weighted by molar-refractivity contribution is 5.56. The largest absolute Gasteiger partial charge is 0.493 e. The number of hydrogen-bond acceptors (Lipinski definition) is 3. The van der Waals surface area contributed by atoms with Crippen molar-refractivity contribution in [2.24, 2.45) is 0 Å². The van der Waals surface area contributed by atoms with Crippen LogP contribution in [0.3, 0.4) is 0 Å². The summed E-state index contributed by atoms with van der Waals surface area (Å²) in [6.45, 7) is 0.768. The molecule has 3 rings (SSSR count). The molecule has 2 aromatic carbocycles. The van der Waals surface area contributed by atoms with Crippen molar-refractivity contribution in [1.82, 2.24) is 0 Å². The summed E-state index contributed by atoms with van der Waals surface area (Å²) >= 11 is 0. The Bertz CT molecular complexity index is 578. The van der Waals surface area contributed by atoms with Gasteiger partial charge in [-0.1, -0.05) is 18.2 Å². The maximum atomic E-state index is 5.70. The quantitative estimate of drug-likeness (QED) is 0.919. The summed E-state index contributed by atoms with van der Waals surface area (Å²) < 4.78 is 5.70. The van der Waals surface area contributed by atoms with Gasteiger partial charge < -0.3 is 15.0 Å². The summed E-state index contributed by atoms with van der Waals surface area (Å²) in [4.78, 5) is 2.10. The second-order valence-corrected chi connectivity index (χ2v) is 5.31. The summed E-state index contributed by atoms with van der Waals surface area (Å²) in [5, 5.41) is 3.60. The van der Waals surface area contributed by atoms with Gasteiger partial charge in [0.15, 0.2) is 0 Å². The molecule has 3 heteroatoms. The van der Waals surface area contributed by atoms with Crippen molar-refractivity contribution in [3.8, 4) is 5.75 Å². The number of benzene rings is 2. The molecule has 0 fully saturated rings. The normalized spacial score (nSPS) is 17.0. The van der Waals surface area contributed by atoms with Crippen LogP contribution in [-0.2, 0) is 0 Å². The van der Waals surface area contributed by atoms with Gasteiger partial charge in [-0.05, 0) is 30.3 Å². The van der Waals surface area contributed by atoms with Crippen LogP contribution >= 0.6 is 0 Å². The highest BCUT2D eigenvalue weighted by atomic mass is 16.5. The van der Waals surface area contributed by atoms with E-state index in [1.54, 1.807) is 0 Å². The molecule has 1 aliphatic heterocycles. The molecule has 0 aliphatic carbocycles. The first-order valence-corrected chi connectivity index (χ1v) is 7.00. The van der Waals surface area contributed by atoms with Gasteiger partial charge in [-0.25, -0.2) is 0 Å². The molecule has 3 nitrogen and oxygen atoms in total. The van der Waals surface area contributed by atoms with Gasteiger partial charge in [0.05, 0.1) is 12.6 Å². The van der Waals surface area contributed by atoms with Crippen LogP contribution in [0, 0.1) is 0 Å². The van der Waals surface area contributed by atoms with Gasteiger partial charge in [-0.2, -0.15) is 0 Å². The number of para-hydroxylation sites is 1. The van der Waals surface area contributed by atoms with Crippen molar-refractivity contribution < 1.29 is 4.74 Å². The minimum absolute atomic E-state index is 0.324. The fourth-order valence-electron chi connectivity index (χ4n) is 2.55. The lowest BCUT2D eigenvalue weighted by Crippen LogP contribution is -2.20. The molecule has 0 aromatic heterocycles. The lowest BCUT2D eigenvalue weighted by atomic mass is 10.0. The van der Waals surface area contributed by atoms with Crippen LogP contribution in [0.15, 0.2) is 48.5 Å². The van der Waals surface area contributed by atoms with Gasteiger partial charge in [0.1, 0.15) is 5.75 Å². The molecule has 104 valence electrons. The molecular formula is C17H20N2O. The Balaban J connectivity index is 1.78. The maximum absolute atomic E-state index is 5.70. The third kappa shape index (κ3) is 2.57. The van der Waals surface area contributed by atoms with Crippen molar-refractivity contribution in [3.05, 3.63) is 54.1 Å². The van der Waals surface area contributed by atoms with E-state index in [-0.39, 0.29) is 0 Å². The Morgan fingerprint density at radius 1 is 1.05 bits per heavy atom. The topological polar surface area (TPSA) is 24.5 Å². The zero-order chi connectivity index (χ0) is 13.9. The van der Waals surface area contributed by atoms with Gasteiger partial charge in [-0.15, -0.1) is 0 Å². The summed E-state index contributed by atoms with van der Waals surface area (Å²) in [7, 11) is 4.11. The SMILES string of the molecule is CN(C)c1ccc(NC2CCOc3ccccc32)cc1. The average molecular weight is 268 g/mol. The molecule has 1 unspecified atom stereocenters. The van der Waals surface area contributed by atoms with E-state index in [4.69, 9.17) is 4.74 Å². The highest BCUT2D eigenvalue weighted by Gasteiger charge is 2.20. The number of hydrogen-bond donors (Lipinski definition) is 1. The third-order valence-corrected chi connectivity index (χ3v) is 3.68. The van der Waals surface area contributed by atoms with Gasteiger partial charge in [0, 0.05) is 37.5 Å². The average Bonchev–Trinajstić information content (AvgIpc) is 2.48. The molecule has 0 saturated heterocycles. The number of ether oxygens (including phenoxy) is 1. The monoisotopic (exact) mass is 268 g/mol. The van der Waals surface area contributed by atoms with Crippen LogP contribution in [0.2, 0.25) is 0 Å². The minimum Gasteiger partial charge on any atom is -0.493 e. The van der Waals surface area contributed by atoms with Crippen LogP contribution in [0.4, 0.5) is 11.4 Å². The molecule has 0 radical (unpaired) electrons. The first-order valence-electron chi connectivity index (χ1n) is 7.00. The van der Waals surface area contributed by atoms with Gasteiger partial charge in [0.25, 0.3) is 0 Å². The molecule has 1 heterocycles. The summed E-state index contributed by atoms with van der Waals surface area (Å²) in [6.07, 6.45) is 0.993. The Kier molecular flexibility index (Phi) is 3.50. The number of fused-ring (bicyclic) bond motifs is 1. The second kappa shape index (κ2) is 5.45. The van der Waals surface area contributed by atoms with Gasteiger partial charge in [-0.3, -0.25) is 0 Å². The lowest BCUT2D eigenvalue weighted by molar-refractivity contribution is 0.274. The first-order chi connectivity index (χ1) is 9.74. The Morgan fingerprint density at radius 2 is 1.80 bits per heavy atom. The molecular weight excluding hydrogens is 248 g/mol. The van der Waals surface area contributed by atoms with Crippen molar-refractivity contribution in [2.75, 3.05) is 30.9 Å². The standard InChI is InChI=1S/C17H20N2O/c1-19(2)14-9-7-13(8-10-14)18-16-11-12-20-17-6-4-3-5-15(16)17/h3-10,16,18H,11-12H2,1-2H3. The zero-order valence-corrected chi connectivity index (χ0v) is 12.0. The van der Waals surface area contributed by atoms with E-state index in [2.05, 4.69) is 60.7 Å². The highest BCUT2D eigenvalue weighted by Crippen LogP contribution is 2.34. The molecule has 0 bridgehead atoms. The molecule has 1 atom stereocenters. The van der Waals surface area contributed by atoms with Crippen LogP contribution < -0.4 is 15.0 Å². The Labute approximate surface area is 120 Å². The van der Waals surface area contributed by atoms with Crippen LogP contribution in [0.5, 0.6) is 5.75 Å². The van der Waals surface area contributed by atoms with Gasteiger partial charge in [0.2, 0.25) is 0 Å². The number of nitrogens with one attached hydrogen (secondary N) is 1. The molecule has 0 amide bonds. The maximum Gasteiger partial charge on any atom is 0.124 e. The Hall–Kier alpha value is -2.16. The molecule has 0 spiro atoms. The number of nitrogens with zero attached hydrogens (tertiary/aromatic N) is 1. The second-order valence-electron chi connectivity index (χ2n) is 5.31. The van der Waals surface area contributed by atoms with E-state index in [1.165, 1.54) is 11.3 Å². The summed E-state index contributed by atoms with van der Waals surface area (Å²) in [6, 6.07) is 17.1. The van der Waals surface area contributed by atoms with E-state index < -0.39 is 0 Å². The summed E-state index contributed by atoms with van der Waals surface area (Å²) in [5.41, 5.74) is 3.61. The van der Waals surface area contributed by atoms with Crippen molar-refractivity contribution >= 4 is 11.4 Å². The van der Waals surface area contributed by atoms with Crippen molar-refractivity contribution in [1.29, 1.82) is 0 Å². The Morgan fingerprint density at radius 3 is 2.55 bits per heavy atom. The smallest absolute Gasteiger partial charge is 0.124 e. The van der Waals surface area contributed by atoms with Gasteiger partial charge >= 0.3 is 0 Å².